The van der Waals surface area contributed by atoms with Crippen LogP contribution in [-0.2, 0) is 0 Å². The van der Waals surface area contributed by atoms with Crippen molar-refractivity contribution >= 4 is 45.3 Å². The summed E-state index contributed by atoms with van der Waals surface area (Å²) in [6.45, 7) is 0. The van der Waals surface area contributed by atoms with Gasteiger partial charge >= 0.3 is 0 Å². The zero-order valence-electron chi connectivity index (χ0n) is 16.9. The van der Waals surface area contributed by atoms with Gasteiger partial charge in [-0.3, -0.25) is 5.10 Å². The van der Waals surface area contributed by atoms with Gasteiger partial charge < -0.3 is 0 Å². The maximum absolute atomic E-state index is 14.6. The molecular weight excluding hydrogens is 444 g/mol. The van der Waals surface area contributed by atoms with Gasteiger partial charge in [-0.05, 0) is 65.3 Å². The van der Waals surface area contributed by atoms with E-state index in [9.17, 15) is 9.65 Å². The molecule has 1 fully saturated rings. The van der Waals surface area contributed by atoms with E-state index >= 15 is 0 Å². The Labute approximate surface area is 195 Å². The van der Waals surface area contributed by atoms with Gasteiger partial charge in [-0.2, -0.15) is 9.65 Å². The fraction of sp³-hybridized carbons (Fsp3) is 0.154. The lowest BCUT2D eigenvalue weighted by atomic mass is 9.72. The molecule has 1 heterocycles. The number of aromatic amines is 1. The van der Waals surface area contributed by atoms with Gasteiger partial charge in [0.05, 0.1) is 16.5 Å². The molecule has 0 atom stereocenters. The second kappa shape index (κ2) is 8.43. The first-order valence-electron chi connectivity index (χ1n) is 10.3. The first kappa shape index (κ1) is 20.8. The Morgan fingerprint density at radius 3 is 2.59 bits per heavy atom. The van der Waals surface area contributed by atoms with Crippen molar-refractivity contribution in [3.05, 3.63) is 98.9 Å². The molecule has 3 aromatic carbocycles. The quantitative estimate of drug-likeness (QED) is 0.321. The van der Waals surface area contributed by atoms with Crippen molar-refractivity contribution in [2.75, 3.05) is 0 Å². The number of allylic oxidation sites excluding steroid dienone is 1. The van der Waals surface area contributed by atoms with Crippen LogP contribution >= 0.6 is 23.2 Å². The molecule has 5 rings (SSSR count). The van der Waals surface area contributed by atoms with Gasteiger partial charge in [0.25, 0.3) is 0 Å². The van der Waals surface area contributed by atoms with Crippen LogP contribution in [0.5, 0.6) is 0 Å². The molecule has 1 N–H and O–H groups in total. The fourth-order valence-corrected chi connectivity index (χ4v) is 4.86. The van der Waals surface area contributed by atoms with Crippen molar-refractivity contribution in [1.82, 2.24) is 10.2 Å². The number of nitrogens with zero attached hydrogens (tertiary/aromatic N) is 2. The number of hydrogen-bond donors (Lipinski definition) is 1. The molecule has 157 valence electrons. The summed E-state index contributed by atoms with van der Waals surface area (Å²) in [5.41, 5.74) is 4.90. The zero-order chi connectivity index (χ0) is 22.2. The van der Waals surface area contributed by atoms with E-state index in [1.165, 1.54) is 0 Å². The van der Waals surface area contributed by atoms with Crippen molar-refractivity contribution in [1.29, 1.82) is 5.26 Å². The van der Waals surface area contributed by atoms with Gasteiger partial charge in [0.1, 0.15) is 6.07 Å². The first-order valence-corrected chi connectivity index (χ1v) is 11.1. The summed E-state index contributed by atoms with van der Waals surface area (Å²) >= 11 is 12.9. The molecule has 3 nitrogen and oxygen atoms in total. The van der Waals surface area contributed by atoms with Crippen LogP contribution in [0.25, 0.3) is 22.0 Å². The van der Waals surface area contributed by atoms with Gasteiger partial charge in [-0.25, -0.2) is 0 Å². The molecule has 1 aromatic heterocycles. The Morgan fingerprint density at radius 2 is 1.94 bits per heavy atom. The summed E-state index contributed by atoms with van der Waals surface area (Å²) in [4.78, 5) is 0. The Kier molecular flexibility index (Phi) is 5.46. The smallest absolute Gasteiger partial charge is 0.241 e. The van der Waals surface area contributed by atoms with E-state index in [4.69, 9.17) is 23.2 Å². The lowest BCUT2D eigenvalue weighted by molar-refractivity contribution is 0.401. The molecule has 0 unspecified atom stereocenters. The summed E-state index contributed by atoms with van der Waals surface area (Å²) < 4.78 is 14.6. The van der Waals surface area contributed by atoms with Crippen LogP contribution < -0.4 is 0 Å². The second-order valence-corrected chi connectivity index (χ2v) is 8.70. The lowest BCUT2D eigenvalue weighted by Gasteiger charge is -2.32. The molecule has 0 amide bonds. The SMILES string of the molecule is N#Cc1c(/C(=C(/c2ccc(Cl)cc2Cl)C2CCC2)c2[c]cccc2)ccc2[nH]nc(F)c12. The average molecular weight is 461 g/mol. The highest BCUT2D eigenvalue weighted by atomic mass is 35.5. The third-order valence-corrected chi connectivity index (χ3v) is 6.60. The van der Waals surface area contributed by atoms with Gasteiger partial charge in [0, 0.05) is 15.6 Å². The average Bonchev–Trinajstić information content (AvgIpc) is 3.14. The van der Waals surface area contributed by atoms with Crippen molar-refractivity contribution in [3.63, 3.8) is 0 Å². The number of hydrogen-bond acceptors (Lipinski definition) is 2. The number of benzene rings is 3. The van der Waals surface area contributed by atoms with Crippen molar-refractivity contribution in [2.45, 2.75) is 19.3 Å². The Hall–Kier alpha value is -3.13. The van der Waals surface area contributed by atoms with Crippen molar-refractivity contribution in [3.8, 4) is 6.07 Å². The van der Waals surface area contributed by atoms with Gasteiger partial charge in [0.2, 0.25) is 5.95 Å². The van der Waals surface area contributed by atoms with E-state index in [2.05, 4.69) is 22.3 Å². The highest BCUT2D eigenvalue weighted by Crippen LogP contribution is 2.47. The van der Waals surface area contributed by atoms with Crippen LogP contribution in [-0.4, -0.2) is 10.2 Å². The second-order valence-electron chi connectivity index (χ2n) is 7.85. The van der Waals surface area contributed by atoms with E-state index in [0.717, 1.165) is 41.5 Å². The number of aromatic nitrogens is 2. The highest BCUT2D eigenvalue weighted by molar-refractivity contribution is 6.36. The number of nitrogens with one attached hydrogen (secondary N) is 1. The van der Waals surface area contributed by atoms with Crippen LogP contribution in [0.3, 0.4) is 0 Å². The van der Waals surface area contributed by atoms with Crippen molar-refractivity contribution < 1.29 is 4.39 Å². The third kappa shape index (κ3) is 3.48. The predicted molar refractivity (Wildman–Crippen MR) is 126 cm³/mol. The summed E-state index contributed by atoms with van der Waals surface area (Å²) in [6.07, 6.45) is 3.13. The minimum absolute atomic E-state index is 0.189. The minimum Gasteiger partial charge on any atom is -0.275 e. The molecule has 0 spiro atoms. The van der Waals surface area contributed by atoms with Gasteiger partial charge in [-0.1, -0.05) is 66.0 Å². The summed E-state index contributed by atoms with van der Waals surface area (Å²) in [5, 5.41) is 17.7. The van der Waals surface area contributed by atoms with Crippen LogP contribution in [0.15, 0.2) is 54.6 Å². The van der Waals surface area contributed by atoms with E-state index in [1.807, 2.05) is 42.5 Å². The number of halogens is 3. The van der Waals surface area contributed by atoms with Crippen LogP contribution in [0.2, 0.25) is 10.0 Å². The molecule has 1 aliphatic carbocycles. The Morgan fingerprint density at radius 1 is 1.12 bits per heavy atom. The Bertz CT molecular complexity index is 1400. The minimum atomic E-state index is -0.690. The number of H-pyrrole nitrogens is 1. The van der Waals surface area contributed by atoms with Crippen LogP contribution in [0.4, 0.5) is 4.39 Å². The Balaban J connectivity index is 1.91. The summed E-state index contributed by atoms with van der Waals surface area (Å²) in [6, 6.07) is 22.2. The van der Waals surface area contributed by atoms with Crippen LogP contribution in [0, 0.1) is 29.3 Å². The number of fused-ring (bicyclic) bond motifs is 1. The first-order chi connectivity index (χ1) is 15.6. The highest BCUT2D eigenvalue weighted by Gasteiger charge is 2.30. The van der Waals surface area contributed by atoms with E-state index in [1.54, 1.807) is 12.1 Å². The zero-order valence-corrected chi connectivity index (χ0v) is 18.4. The summed E-state index contributed by atoms with van der Waals surface area (Å²) in [7, 11) is 0. The van der Waals surface area contributed by atoms with Gasteiger partial charge in [0.15, 0.2) is 0 Å². The molecule has 6 heteroatoms. The maximum atomic E-state index is 14.6. The topological polar surface area (TPSA) is 52.5 Å². The molecule has 0 aliphatic heterocycles. The maximum Gasteiger partial charge on any atom is 0.241 e. The molecule has 0 saturated heterocycles. The van der Waals surface area contributed by atoms with Crippen molar-refractivity contribution in [2.24, 2.45) is 5.92 Å². The third-order valence-electron chi connectivity index (χ3n) is 6.05. The molecule has 1 radical (unpaired) electrons. The molecule has 32 heavy (non-hydrogen) atoms. The lowest BCUT2D eigenvalue weighted by Crippen LogP contribution is -2.16. The van der Waals surface area contributed by atoms with Crippen LogP contribution in [0.1, 0.15) is 41.5 Å². The molecule has 1 aliphatic rings. The molecule has 4 aromatic rings. The molecule has 1 saturated carbocycles. The normalized spacial score (nSPS) is 14.7. The monoisotopic (exact) mass is 460 g/mol. The largest absolute Gasteiger partial charge is 0.275 e. The summed E-state index contributed by atoms with van der Waals surface area (Å²) in [5.74, 6) is -0.432. The number of rotatable bonds is 4. The number of nitriles is 1. The van der Waals surface area contributed by atoms with E-state index in [-0.39, 0.29) is 16.9 Å². The van der Waals surface area contributed by atoms with E-state index in [0.29, 0.717) is 21.1 Å². The fourth-order valence-electron chi connectivity index (χ4n) is 4.35. The van der Waals surface area contributed by atoms with Gasteiger partial charge in [-0.15, -0.1) is 5.10 Å². The predicted octanol–water partition coefficient (Wildman–Crippen LogP) is 7.44. The van der Waals surface area contributed by atoms with E-state index < -0.39 is 5.95 Å². The molecular formula is C26H17Cl2FN3. The standard InChI is InChI=1S/C26H17Cl2FN3/c27-17-9-10-19(21(28)13-17)24(16-7-4-8-16)23(15-5-2-1-3-6-15)18-11-12-22-25(20(18)14-30)26(29)32-31-22/h1-3,5,9-13,16H,4,7-8H2,(H,31,32)/b24-23+. The molecule has 0 bridgehead atoms.